The van der Waals surface area contributed by atoms with Crippen LogP contribution in [0.15, 0.2) is 24.3 Å². The Kier molecular flexibility index (Phi) is 3.99. The Labute approximate surface area is 96.8 Å². The predicted molar refractivity (Wildman–Crippen MR) is 62.4 cm³/mol. The Balaban J connectivity index is 3.00. The van der Waals surface area contributed by atoms with Gasteiger partial charge < -0.3 is 30.6 Å². The molecule has 0 aliphatic carbocycles. The third-order valence-electron chi connectivity index (χ3n) is 1.84. The van der Waals surface area contributed by atoms with Crippen LogP contribution in [0.3, 0.4) is 0 Å². The van der Waals surface area contributed by atoms with Crippen LogP contribution in [0.4, 0.5) is 11.4 Å². The number of nitrogens with two attached hydrogens (primary N) is 1. The fraction of sp³-hybridized carbons (Fsp3) is 0.143. The second-order valence-electron chi connectivity index (χ2n) is 3.32. The van der Waals surface area contributed by atoms with E-state index in [2.05, 4.69) is 5.32 Å². The molecule has 0 saturated carbocycles. The molecule has 0 unspecified atom stereocenters. The molecule has 0 saturated heterocycles. The van der Waals surface area contributed by atoms with Gasteiger partial charge in [-0.2, -0.15) is 0 Å². The lowest BCUT2D eigenvalue weighted by Gasteiger charge is -2.21. The molecular formula is C7H12N2O6P2. The summed E-state index contributed by atoms with van der Waals surface area (Å²) in [7, 11) is -9.96. The topological polar surface area (TPSA) is 153 Å². The van der Waals surface area contributed by atoms with Gasteiger partial charge in [-0.1, -0.05) is 0 Å². The minimum absolute atomic E-state index is 0.149. The zero-order valence-corrected chi connectivity index (χ0v) is 10.3. The summed E-state index contributed by atoms with van der Waals surface area (Å²) < 4.78 is 21.9. The van der Waals surface area contributed by atoms with E-state index in [-0.39, 0.29) is 5.69 Å². The van der Waals surface area contributed by atoms with Gasteiger partial charge in [-0.15, -0.1) is 0 Å². The fourth-order valence-electron chi connectivity index (χ4n) is 1.09. The van der Waals surface area contributed by atoms with Gasteiger partial charge >= 0.3 is 15.2 Å². The molecule has 96 valence electrons. The molecule has 0 aliphatic rings. The SMILES string of the molecule is Nc1ccc(NC(P(=O)(O)O)P(=O)(O)O)cc1. The highest BCUT2D eigenvalue weighted by Crippen LogP contribution is 2.59. The minimum atomic E-state index is -4.98. The van der Waals surface area contributed by atoms with E-state index in [1.807, 2.05) is 0 Å². The van der Waals surface area contributed by atoms with Gasteiger partial charge in [-0.25, -0.2) is 0 Å². The molecule has 1 aromatic rings. The molecule has 0 spiro atoms. The van der Waals surface area contributed by atoms with Crippen molar-refractivity contribution in [3.8, 4) is 0 Å². The van der Waals surface area contributed by atoms with Crippen LogP contribution in [0.25, 0.3) is 0 Å². The quantitative estimate of drug-likeness (QED) is 0.341. The number of hydrogen-bond acceptors (Lipinski definition) is 4. The van der Waals surface area contributed by atoms with Crippen LogP contribution in [-0.4, -0.2) is 25.1 Å². The van der Waals surface area contributed by atoms with Crippen molar-refractivity contribution in [3.05, 3.63) is 24.3 Å². The van der Waals surface area contributed by atoms with Gasteiger partial charge in [0.15, 0.2) is 0 Å². The van der Waals surface area contributed by atoms with Crippen LogP contribution in [0.1, 0.15) is 0 Å². The number of nitrogen functional groups attached to an aromatic ring is 1. The summed E-state index contributed by atoms with van der Waals surface area (Å²) in [6.45, 7) is 0. The van der Waals surface area contributed by atoms with Crippen molar-refractivity contribution in [2.24, 2.45) is 0 Å². The third kappa shape index (κ3) is 4.12. The summed E-state index contributed by atoms with van der Waals surface area (Å²) >= 11 is 0. The predicted octanol–water partition coefficient (Wildman–Crippen LogP) is 0.320. The van der Waals surface area contributed by atoms with Crippen molar-refractivity contribution in [2.75, 3.05) is 11.1 Å². The van der Waals surface area contributed by atoms with E-state index in [0.29, 0.717) is 5.69 Å². The number of rotatable bonds is 4. The van der Waals surface area contributed by atoms with Gasteiger partial charge in [0.2, 0.25) is 5.52 Å². The summed E-state index contributed by atoms with van der Waals surface area (Å²) in [5.74, 6) is 0. The first-order chi connectivity index (χ1) is 7.60. The number of anilines is 2. The number of hydrogen-bond donors (Lipinski definition) is 6. The van der Waals surface area contributed by atoms with Gasteiger partial charge in [0.1, 0.15) is 0 Å². The van der Waals surface area contributed by atoms with E-state index in [0.717, 1.165) is 0 Å². The summed E-state index contributed by atoms with van der Waals surface area (Å²) in [4.78, 5) is 35.4. The fourth-order valence-corrected chi connectivity index (χ4v) is 3.29. The third-order valence-corrected chi connectivity index (χ3v) is 5.18. The second kappa shape index (κ2) is 4.78. The maximum atomic E-state index is 11.0. The van der Waals surface area contributed by atoms with Crippen LogP contribution >= 0.6 is 15.2 Å². The lowest BCUT2D eigenvalue weighted by atomic mass is 10.3. The maximum Gasteiger partial charge on any atom is 0.360 e. The van der Waals surface area contributed by atoms with Crippen molar-refractivity contribution in [1.29, 1.82) is 0 Å². The van der Waals surface area contributed by atoms with Gasteiger partial charge in [-0.05, 0) is 24.3 Å². The van der Waals surface area contributed by atoms with E-state index in [1.54, 1.807) is 0 Å². The molecule has 0 amide bonds. The molecule has 1 rings (SSSR count). The van der Waals surface area contributed by atoms with Crippen molar-refractivity contribution in [1.82, 2.24) is 0 Å². The van der Waals surface area contributed by atoms with E-state index in [1.165, 1.54) is 24.3 Å². The second-order valence-corrected chi connectivity index (χ2v) is 7.11. The number of benzene rings is 1. The highest BCUT2D eigenvalue weighted by molar-refractivity contribution is 7.71. The first-order valence-electron chi connectivity index (χ1n) is 4.33. The molecule has 0 aliphatic heterocycles. The monoisotopic (exact) mass is 282 g/mol. The van der Waals surface area contributed by atoms with Gasteiger partial charge in [0.05, 0.1) is 0 Å². The van der Waals surface area contributed by atoms with Crippen molar-refractivity contribution in [2.45, 2.75) is 5.52 Å². The van der Waals surface area contributed by atoms with Crippen LogP contribution in [0.5, 0.6) is 0 Å². The average Bonchev–Trinajstić information content (AvgIpc) is 2.13. The minimum Gasteiger partial charge on any atom is -0.399 e. The van der Waals surface area contributed by atoms with Gasteiger partial charge in [0.25, 0.3) is 0 Å². The lowest BCUT2D eigenvalue weighted by Crippen LogP contribution is -2.19. The van der Waals surface area contributed by atoms with Crippen LogP contribution in [0.2, 0.25) is 0 Å². The molecule has 0 fully saturated rings. The summed E-state index contributed by atoms with van der Waals surface area (Å²) in [6.07, 6.45) is 0. The molecule has 8 nitrogen and oxygen atoms in total. The van der Waals surface area contributed by atoms with Gasteiger partial charge in [0, 0.05) is 11.4 Å². The highest BCUT2D eigenvalue weighted by atomic mass is 31.2. The lowest BCUT2D eigenvalue weighted by molar-refractivity contribution is 0.343. The summed E-state index contributed by atoms with van der Waals surface area (Å²) in [5.41, 5.74) is 3.69. The largest absolute Gasteiger partial charge is 0.399 e. The smallest absolute Gasteiger partial charge is 0.360 e. The van der Waals surface area contributed by atoms with E-state index in [4.69, 9.17) is 25.3 Å². The Hall–Kier alpha value is -0.880. The highest BCUT2D eigenvalue weighted by Gasteiger charge is 2.43. The Morgan fingerprint density at radius 1 is 1.00 bits per heavy atom. The zero-order valence-electron chi connectivity index (χ0n) is 8.46. The van der Waals surface area contributed by atoms with Gasteiger partial charge in [-0.3, -0.25) is 9.13 Å². The van der Waals surface area contributed by atoms with E-state index >= 15 is 0 Å². The van der Waals surface area contributed by atoms with Crippen LogP contribution in [-0.2, 0) is 9.13 Å². The Morgan fingerprint density at radius 3 is 1.76 bits per heavy atom. The van der Waals surface area contributed by atoms with E-state index in [9.17, 15) is 9.13 Å². The molecule has 0 bridgehead atoms. The van der Waals surface area contributed by atoms with Crippen LogP contribution < -0.4 is 11.1 Å². The molecule has 0 atom stereocenters. The standard InChI is InChI=1S/C7H12N2O6P2/c8-5-1-3-6(4-2-5)9-7(16(10,11)12)17(13,14)15/h1-4,7,9H,8H2,(H2,10,11,12)(H2,13,14,15). The maximum absolute atomic E-state index is 11.0. The first kappa shape index (κ1) is 14.2. The van der Waals surface area contributed by atoms with Crippen molar-refractivity contribution >= 4 is 26.6 Å². The molecule has 10 heteroatoms. The Morgan fingerprint density at radius 2 is 1.41 bits per heavy atom. The van der Waals surface area contributed by atoms with Crippen molar-refractivity contribution in [3.63, 3.8) is 0 Å². The first-order valence-corrected chi connectivity index (χ1v) is 7.69. The molecule has 0 heterocycles. The molecule has 0 radical (unpaired) electrons. The summed E-state index contributed by atoms with van der Waals surface area (Å²) in [6, 6.07) is 5.57. The molecule has 1 aromatic carbocycles. The molecular weight excluding hydrogens is 270 g/mol. The van der Waals surface area contributed by atoms with Crippen LogP contribution in [0, 0.1) is 0 Å². The van der Waals surface area contributed by atoms with Crippen molar-refractivity contribution < 1.29 is 28.7 Å². The molecule has 17 heavy (non-hydrogen) atoms. The van der Waals surface area contributed by atoms with E-state index < -0.39 is 20.7 Å². The zero-order chi connectivity index (χ0) is 13.3. The normalized spacial score (nSPS) is 12.8. The molecule has 7 N–H and O–H groups in total. The molecule has 0 aromatic heterocycles. The number of nitrogens with one attached hydrogen (secondary N) is 1. The average molecular weight is 282 g/mol. The summed E-state index contributed by atoms with van der Waals surface area (Å²) in [5, 5.41) is 2.10. The Bertz CT molecular complexity index is 456.